The average Bonchev–Trinajstić information content (AvgIpc) is 2.43. The zero-order valence-corrected chi connectivity index (χ0v) is 8.94. The van der Waals surface area contributed by atoms with E-state index >= 15 is 0 Å². The molecule has 2 rings (SSSR count). The van der Waals surface area contributed by atoms with Gasteiger partial charge in [-0.05, 0) is 20.3 Å². The lowest BCUT2D eigenvalue weighted by molar-refractivity contribution is 0.903. The Bertz CT molecular complexity index is 436. The smallest absolute Gasteiger partial charge is 0.163 e. The summed E-state index contributed by atoms with van der Waals surface area (Å²) in [6, 6.07) is 0. The normalized spacial score (nSPS) is 14.9. The summed E-state index contributed by atoms with van der Waals surface area (Å²) in [6.45, 7) is 3.77. The van der Waals surface area contributed by atoms with Gasteiger partial charge in [-0.3, -0.25) is 0 Å². The van der Waals surface area contributed by atoms with Crippen molar-refractivity contribution in [2.24, 2.45) is 0 Å². The minimum atomic E-state index is 0.753. The van der Waals surface area contributed by atoms with Gasteiger partial charge in [-0.2, -0.15) is 0 Å². The molecule has 0 saturated heterocycles. The Kier molecular flexibility index (Phi) is 2.72. The van der Waals surface area contributed by atoms with Crippen LogP contribution in [0.15, 0.2) is 30.4 Å². The van der Waals surface area contributed by atoms with E-state index in [1.165, 1.54) is 0 Å². The van der Waals surface area contributed by atoms with Crippen LogP contribution < -0.4 is 0 Å². The summed E-state index contributed by atoms with van der Waals surface area (Å²) in [7, 11) is 0. The molecule has 0 amide bonds. The van der Waals surface area contributed by atoms with Gasteiger partial charge in [-0.25, -0.2) is 15.0 Å². The van der Waals surface area contributed by atoms with E-state index < -0.39 is 0 Å². The van der Waals surface area contributed by atoms with Crippen LogP contribution in [-0.2, 0) is 0 Å². The van der Waals surface area contributed by atoms with E-state index in [2.05, 4.69) is 27.1 Å². The minimum absolute atomic E-state index is 0.753. The molecule has 3 nitrogen and oxygen atoms in total. The molecule has 1 aliphatic carbocycles. The first-order chi connectivity index (χ1) is 7.25. The molecular weight excluding hydrogens is 186 g/mol. The lowest BCUT2D eigenvalue weighted by Crippen LogP contribution is -2.01. The highest BCUT2D eigenvalue weighted by atomic mass is 15.0. The van der Waals surface area contributed by atoms with Crippen molar-refractivity contribution in [2.75, 3.05) is 0 Å². The quantitative estimate of drug-likeness (QED) is 0.697. The van der Waals surface area contributed by atoms with Crippen molar-refractivity contribution in [3.05, 3.63) is 47.9 Å². The Morgan fingerprint density at radius 1 is 1.00 bits per heavy atom. The molecular formula is C12H13N3. The van der Waals surface area contributed by atoms with Gasteiger partial charge in [-0.15, -0.1) is 0 Å². The third-order valence-corrected chi connectivity index (χ3v) is 2.10. The first-order valence-corrected chi connectivity index (χ1v) is 4.99. The van der Waals surface area contributed by atoms with Crippen LogP contribution in [-0.4, -0.2) is 15.0 Å². The fourth-order valence-electron chi connectivity index (χ4n) is 1.47. The van der Waals surface area contributed by atoms with E-state index in [0.717, 1.165) is 29.5 Å². The molecule has 0 unspecified atom stereocenters. The number of nitrogens with zero attached hydrogens (tertiary/aromatic N) is 3. The Hall–Kier alpha value is -1.77. The second kappa shape index (κ2) is 4.17. The largest absolute Gasteiger partial charge is 0.219 e. The highest BCUT2D eigenvalue weighted by Crippen LogP contribution is 2.14. The Balaban J connectivity index is 2.44. The van der Waals surface area contributed by atoms with Crippen molar-refractivity contribution >= 4 is 5.57 Å². The van der Waals surface area contributed by atoms with Gasteiger partial charge >= 0.3 is 0 Å². The van der Waals surface area contributed by atoms with Gasteiger partial charge in [0, 0.05) is 5.57 Å². The zero-order valence-electron chi connectivity index (χ0n) is 8.94. The van der Waals surface area contributed by atoms with Crippen molar-refractivity contribution in [1.29, 1.82) is 0 Å². The minimum Gasteiger partial charge on any atom is -0.219 e. The maximum absolute atomic E-state index is 4.32. The van der Waals surface area contributed by atoms with Gasteiger partial charge in [0.2, 0.25) is 0 Å². The summed E-state index contributed by atoms with van der Waals surface area (Å²) in [5.41, 5.74) is 1.04. The van der Waals surface area contributed by atoms with E-state index in [1.54, 1.807) is 0 Å². The maximum atomic E-state index is 4.32. The van der Waals surface area contributed by atoms with Gasteiger partial charge in [0.25, 0.3) is 0 Å². The van der Waals surface area contributed by atoms with Crippen LogP contribution >= 0.6 is 0 Å². The van der Waals surface area contributed by atoms with E-state index in [4.69, 9.17) is 0 Å². The molecule has 0 spiro atoms. The number of hydrogen-bond acceptors (Lipinski definition) is 3. The van der Waals surface area contributed by atoms with Crippen molar-refractivity contribution in [3.8, 4) is 0 Å². The molecule has 0 N–H and O–H groups in total. The fourth-order valence-corrected chi connectivity index (χ4v) is 1.47. The molecule has 0 fully saturated rings. The summed E-state index contributed by atoms with van der Waals surface area (Å²) >= 11 is 0. The first-order valence-electron chi connectivity index (χ1n) is 4.99. The van der Waals surface area contributed by atoms with E-state index in [-0.39, 0.29) is 0 Å². The third-order valence-electron chi connectivity index (χ3n) is 2.10. The summed E-state index contributed by atoms with van der Waals surface area (Å²) in [6.07, 6.45) is 11.3. The molecule has 15 heavy (non-hydrogen) atoms. The number of aryl methyl sites for hydroxylation is 2. The molecule has 1 heterocycles. The van der Waals surface area contributed by atoms with Crippen molar-refractivity contribution in [3.63, 3.8) is 0 Å². The molecule has 3 heteroatoms. The summed E-state index contributed by atoms with van der Waals surface area (Å²) in [5, 5.41) is 0. The van der Waals surface area contributed by atoms with Crippen molar-refractivity contribution in [1.82, 2.24) is 15.0 Å². The van der Waals surface area contributed by atoms with Crippen LogP contribution in [0, 0.1) is 13.8 Å². The molecule has 0 aromatic carbocycles. The molecule has 1 aliphatic rings. The Labute approximate surface area is 89.3 Å². The van der Waals surface area contributed by atoms with E-state index in [1.807, 2.05) is 32.1 Å². The summed E-state index contributed by atoms with van der Waals surface area (Å²) in [4.78, 5) is 12.8. The van der Waals surface area contributed by atoms with Gasteiger partial charge < -0.3 is 0 Å². The van der Waals surface area contributed by atoms with E-state index in [9.17, 15) is 0 Å². The number of allylic oxidation sites excluding steroid dienone is 6. The van der Waals surface area contributed by atoms with Crippen molar-refractivity contribution in [2.45, 2.75) is 20.3 Å². The Morgan fingerprint density at radius 3 is 2.47 bits per heavy atom. The highest BCUT2D eigenvalue weighted by molar-refractivity contribution is 5.71. The fraction of sp³-hybridized carbons (Fsp3) is 0.250. The van der Waals surface area contributed by atoms with Crippen LogP contribution in [0.5, 0.6) is 0 Å². The van der Waals surface area contributed by atoms with Gasteiger partial charge in [0.05, 0.1) is 0 Å². The number of hydrogen-bond donors (Lipinski definition) is 0. The topological polar surface area (TPSA) is 38.7 Å². The molecule has 1 aromatic heterocycles. The maximum Gasteiger partial charge on any atom is 0.163 e. The van der Waals surface area contributed by atoms with Crippen molar-refractivity contribution < 1.29 is 0 Å². The van der Waals surface area contributed by atoms with Crippen LogP contribution in [0.3, 0.4) is 0 Å². The molecule has 0 saturated carbocycles. The second-order valence-corrected chi connectivity index (χ2v) is 3.44. The van der Waals surface area contributed by atoms with Gasteiger partial charge in [-0.1, -0.05) is 30.4 Å². The second-order valence-electron chi connectivity index (χ2n) is 3.44. The van der Waals surface area contributed by atoms with Crippen LogP contribution in [0.1, 0.15) is 23.9 Å². The monoisotopic (exact) mass is 199 g/mol. The predicted molar refractivity (Wildman–Crippen MR) is 60.2 cm³/mol. The molecule has 76 valence electrons. The van der Waals surface area contributed by atoms with Gasteiger partial charge in [0.1, 0.15) is 11.6 Å². The molecule has 0 radical (unpaired) electrons. The Morgan fingerprint density at radius 2 is 1.73 bits per heavy atom. The van der Waals surface area contributed by atoms with Crippen LogP contribution in [0.25, 0.3) is 5.57 Å². The molecule has 0 bridgehead atoms. The van der Waals surface area contributed by atoms with E-state index in [0.29, 0.717) is 0 Å². The SMILES string of the molecule is Cc1nc(C)nc(C2=CC=CCC=C2)n1. The average molecular weight is 199 g/mol. The highest BCUT2D eigenvalue weighted by Gasteiger charge is 2.04. The third kappa shape index (κ3) is 2.37. The predicted octanol–water partition coefficient (Wildman–Crippen LogP) is 2.39. The standard InChI is InChI=1S/C12H13N3/c1-9-13-10(2)15-12(14-9)11-7-5-3-4-6-8-11/h3,5-8H,4H2,1-2H3. The van der Waals surface area contributed by atoms with Crippen LogP contribution in [0.2, 0.25) is 0 Å². The lowest BCUT2D eigenvalue weighted by atomic mass is 10.2. The number of aromatic nitrogens is 3. The number of rotatable bonds is 1. The molecule has 0 atom stereocenters. The molecule has 1 aromatic rings. The summed E-state index contributed by atoms with van der Waals surface area (Å²) in [5.74, 6) is 2.28. The zero-order chi connectivity index (χ0) is 10.7. The van der Waals surface area contributed by atoms with Gasteiger partial charge in [0.15, 0.2) is 5.82 Å². The lowest BCUT2D eigenvalue weighted by Gasteiger charge is -2.02. The summed E-state index contributed by atoms with van der Waals surface area (Å²) < 4.78 is 0. The first kappa shape index (κ1) is 9.77. The van der Waals surface area contributed by atoms with Crippen LogP contribution in [0.4, 0.5) is 0 Å². The molecule has 0 aliphatic heterocycles.